The molecular formula is C27H26F3NO3. The van der Waals surface area contributed by atoms with E-state index in [1.165, 1.54) is 12.1 Å². The smallest absolute Gasteiger partial charge is 0.416 e. The zero-order chi connectivity index (χ0) is 24.1. The highest BCUT2D eigenvalue weighted by atomic mass is 19.4. The zero-order valence-corrected chi connectivity index (χ0v) is 18.8. The predicted octanol–water partition coefficient (Wildman–Crippen LogP) is 6.82. The number of benzene rings is 3. The van der Waals surface area contributed by atoms with Crippen LogP contribution in [0.25, 0.3) is 0 Å². The molecule has 3 aromatic carbocycles. The topological polar surface area (TPSA) is 38.8 Å². The van der Waals surface area contributed by atoms with Gasteiger partial charge in [0.1, 0.15) is 23.5 Å². The molecule has 4 nitrogen and oxygen atoms in total. The Bertz CT molecular complexity index is 1070. The van der Waals surface area contributed by atoms with E-state index in [9.17, 15) is 18.0 Å². The summed E-state index contributed by atoms with van der Waals surface area (Å²) in [7, 11) is 0. The van der Waals surface area contributed by atoms with Crippen LogP contribution in [0.2, 0.25) is 0 Å². The Morgan fingerprint density at radius 3 is 1.94 bits per heavy atom. The van der Waals surface area contributed by atoms with Gasteiger partial charge < -0.3 is 9.47 Å². The number of likely N-dealkylation sites (tertiary alicyclic amines) is 1. The lowest BCUT2D eigenvalue weighted by Crippen LogP contribution is -2.44. The van der Waals surface area contributed by atoms with Crippen LogP contribution < -0.4 is 9.47 Å². The quantitative estimate of drug-likeness (QED) is 0.356. The van der Waals surface area contributed by atoms with Gasteiger partial charge in [-0.1, -0.05) is 30.3 Å². The fourth-order valence-corrected chi connectivity index (χ4v) is 4.07. The molecule has 0 aromatic heterocycles. The minimum Gasteiger partial charge on any atom is -0.475 e. The number of nitrogens with zero attached hydrogens (tertiary/aromatic N) is 1. The van der Waals surface area contributed by atoms with Gasteiger partial charge in [0, 0.05) is 24.6 Å². The fourth-order valence-electron chi connectivity index (χ4n) is 4.07. The number of Topliss-reactive ketones (excluding diaryl/α,β-unsaturated/α-hetero) is 1. The summed E-state index contributed by atoms with van der Waals surface area (Å²) in [6.07, 6.45) is -2.95. The maximum absolute atomic E-state index is 12.7. The molecule has 0 spiro atoms. The third kappa shape index (κ3) is 5.97. The summed E-state index contributed by atoms with van der Waals surface area (Å²) < 4.78 is 49.7. The molecule has 1 saturated heterocycles. The van der Waals surface area contributed by atoms with Gasteiger partial charge in [-0.3, -0.25) is 9.69 Å². The van der Waals surface area contributed by atoms with Gasteiger partial charge in [-0.15, -0.1) is 0 Å². The molecule has 0 aliphatic carbocycles. The Labute approximate surface area is 196 Å². The molecule has 0 radical (unpaired) electrons. The van der Waals surface area contributed by atoms with Crippen molar-refractivity contribution in [2.45, 2.75) is 32.2 Å². The average Bonchev–Trinajstić information content (AvgIpc) is 2.85. The minimum atomic E-state index is -4.37. The van der Waals surface area contributed by atoms with Gasteiger partial charge in [-0.25, -0.2) is 0 Å². The molecule has 1 aliphatic rings. The third-order valence-corrected chi connectivity index (χ3v) is 6.02. The molecule has 1 fully saturated rings. The molecule has 1 unspecified atom stereocenters. The maximum atomic E-state index is 12.7. The van der Waals surface area contributed by atoms with Crippen LogP contribution in [0.5, 0.6) is 17.2 Å². The normalized spacial score (nSPS) is 16.1. The highest BCUT2D eigenvalue weighted by Gasteiger charge is 2.30. The van der Waals surface area contributed by atoms with Gasteiger partial charge in [-0.05, 0) is 68.3 Å². The van der Waals surface area contributed by atoms with Crippen LogP contribution >= 0.6 is 0 Å². The minimum absolute atomic E-state index is 0.0347. The first-order valence-corrected chi connectivity index (χ1v) is 11.2. The van der Waals surface area contributed by atoms with E-state index >= 15 is 0 Å². The lowest BCUT2D eigenvalue weighted by molar-refractivity contribution is -0.137. The average molecular weight is 470 g/mol. The number of carbonyl (C=O) groups is 1. The number of hydrogen-bond donors (Lipinski definition) is 0. The summed E-state index contributed by atoms with van der Waals surface area (Å²) in [6.45, 7) is 3.53. The van der Waals surface area contributed by atoms with E-state index in [4.69, 9.17) is 9.47 Å². The Hall–Kier alpha value is -3.32. The number of piperidine rings is 1. The zero-order valence-electron chi connectivity index (χ0n) is 18.8. The Morgan fingerprint density at radius 1 is 0.853 bits per heavy atom. The van der Waals surface area contributed by atoms with Crippen LogP contribution in [-0.2, 0) is 6.18 Å². The summed E-state index contributed by atoms with van der Waals surface area (Å²) in [5, 5.41) is 0. The van der Waals surface area contributed by atoms with Crippen LogP contribution in [0.1, 0.15) is 35.7 Å². The second-order valence-corrected chi connectivity index (χ2v) is 8.35. The lowest BCUT2D eigenvalue weighted by Gasteiger charge is -2.35. The van der Waals surface area contributed by atoms with Crippen molar-refractivity contribution in [1.29, 1.82) is 0 Å². The Morgan fingerprint density at radius 2 is 1.38 bits per heavy atom. The van der Waals surface area contributed by atoms with E-state index in [0.717, 1.165) is 43.6 Å². The number of ether oxygens (including phenoxy) is 2. The molecule has 1 atom stereocenters. The highest BCUT2D eigenvalue weighted by molar-refractivity contribution is 5.97. The molecule has 4 rings (SSSR count). The Kier molecular flexibility index (Phi) is 7.22. The van der Waals surface area contributed by atoms with Crippen molar-refractivity contribution in [2.75, 3.05) is 13.1 Å². The van der Waals surface area contributed by atoms with Gasteiger partial charge in [0.05, 0.1) is 5.56 Å². The maximum Gasteiger partial charge on any atom is 0.416 e. The van der Waals surface area contributed by atoms with Crippen LogP contribution in [0.3, 0.4) is 0 Å². The molecule has 1 aliphatic heterocycles. The van der Waals surface area contributed by atoms with Gasteiger partial charge in [0.15, 0.2) is 5.78 Å². The van der Waals surface area contributed by atoms with Crippen molar-refractivity contribution >= 4 is 5.78 Å². The summed E-state index contributed by atoms with van der Waals surface area (Å²) >= 11 is 0. The molecule has 0 N–H and O–H groups in total. The van der Waals surface area contributed by atoms with Gasteiger partial charge in [0.2, 0.25) is 0 Å². The number of rotatable bonds is 7. The molecule has 178 valence electrons. The third-order valence-electron chi connectivity index (χ3n) is 6.02. The first kappa shape index (κ1) is 23.8. The Balaban J connectivity index is 1.27. The lowest BCUT2D eigenvalue weighted by atomic mass is 9.89. The van der Waals surface area contributed by atoms with E-state index in [-0.39, 0.29) is 17.9 Å². The first-order chi connectivity index (χ1) is 16.3. The van der Waals surface area contributed by atoms with Gasteiger partial charge in [0.25, 0.3) is 0 Å². The molecule has 7 heteroatoms. The number of alkyl halides is 3. The van der Waals surface area contributed by atoms with Crippen molar-refractivity contribution in [3.05, 3.63) is 90.0 Å². The molecule has 0 bridgehead atoms. The van der Waals surface area contributed by atoms with E-state index in [2.05, 4.69) is 4.90 Å². The second kappa shape index (κ2) is 10.3. The van der Waals surface area contributed by atoms with Crippen LogP contribution in [-0.4, -0.2) is 30.0 Å². The van der Waals surface area contributed by atoms with Crippen LogP contribution in [0.4, 0.5) is 13.2 Å². The molecular weight excluding hydrogens is 443 g/mol. The van der Waals surface area contributed by atoms with E-state index in [1.807, 2.05) is 37.3 Å². The SMILES string of the molecule is CC(Oc1ccc(Oc2ccc(C(F)(F)F)cc2)cc1)N1CCC(C(=O)c2ccccc2)CC1. The predicted molar refractivity (Wildman–Crippen MR) is 123 cm³/mol. The molecule has 1 heterocycles. The molecule has 34 heavy (non-hydrogen) atoms. The molecule has 0 saturated carbocycles. The highest BCUT2D eigenvalue weighted by Crippen LogP contribution is 2.32. The van der Waals surface area contributed by atoms with Crippen molar-refractivity contribution in [3.8, 4) is 17.2 Å². The second-order valence-electron chi connectivity index (χ2n) is 8.35. The summed E-state index contributed by atoms with van der Waals surface area (Å²) in [5.41, 5.74) is 0.0508. The van der Waals surface area contributed by atoms with Crippen LogP contribution in [0, 0.1) is 5.92 Å². The fraction of sp³-hybridized carbons (Fsp3) is 0.296. The summed E-state index contributed by atoms with van der Waals surface area (Å²) in [5.74, 6) is 1.72. The van der Waals surface area contributed by atoms with Gasteiger partial charge >= 0.3 is 6.18 Å². The monoisotopic (exact) mass is 469 g/mol. The van der Waals surface area contributed by atoms with Crippen molar-refractivity contribution < 1.29 is 27.4 Å². The van der Waals surface area contributed by atoms with E-state index < -0.39 is 11.7 Å². The first-order valence-electron chi connectivity index (χ1n) is 11.2. The largest absolute Gasteiger partial charge is 0.475 e. The molecule has 0 amide bonds. The summed E-state index contributed by atoms with van der Waals surface area (Å²) in [4.78, 5) is 14.9. The van der Waals surface area contributed by atoms with Crippen molar-refractivity contribution in [2.24, 2.45) is 5.92 Å². The van der Waals surface area contributed by atoms with Gasteiger partial charge in [-0.2, -0.15) is 13.2 Å². The standard InChI is InChI=1S/C27H26F3NO3/c1-19(31-17-15-21(16-18-31)26(32)20-5-3-2-4-6-20)33-23-11-13-25(14-12-23)34-24-9-7-22(8-10-24)27(28,29)30/h2-14,19,21H,15-18H2,1H3. The number of ketones is 1. The summed E-state index contributed by atoms with van der Waals surface area (Å²) in [6, 6.07) is 20.9. The molecule has 3 aromatic rings. The number of hydrogen-bond acceptors (Lipinski definition) is 4. The van der Waals surface area contributed by atoms with Crippen LogP contribution in [0.15, 0.2) is 78.9 Å². The number of carbonyl (C=O) groups excluding carboxylic acids is 1. The van der Waals surface area contributed by atoms with Crippen molar-refractivity contribution in [1.82, 2.24) is 4.90 Å². The number of halogens is 3. The van der Waals surface area contributed by atoms with E-state index in [1.54, 1.807) is 24.3 Å². The van der Waals surface area contributed by atoms with Crippen molar-refractivity contribution in [3.63, 3.8) is 0 Å². The van der Waals surface area contributed by atoms with E-state index in [0.29, 0.717) is 17.2 Å².